The van der Waals surface area contributed by atoms with Crippen LogP contribution in [-0.4, -0.2) is 42.4 Å². The van der Waals surface area contributed by atoms with Gasteiger partial charge >= 0.3 is 0 Å². The number of carbonyl (C=O) groups excluding carboxylic acids is 3. The molecule has 3 amide bonds. The maximum absolute atomic E-state index is 13.7. The average Bonchev–Trinajstić information content (AvgIpc) is 3.38. The van der Waals surface area contributed by atoms with Crippen LogP contribution in [0.2, 0.25) is 0 Å². The van der Waals surface area contributed by atoms with Crippen LogP contribution in [0.1, 0.15) is 37.7 Å². The fourth-order valence-corrected chi connectivity index (χ4v) is 3.81. The summed E-state index contributed by atoms with van der Waals surface area (Å²) in [7, 11) is 1.48. The zero-order valence-electron chi connectivity index (χ0n) is 17.8. The molecule has 3 aromatic rings. The average molecular weight is 476 g/mol. The lowest BCUT2D eigenvalue weighted by atomic mass is 10.1. The topological polar surface area (TPSA) is 154 Å². The maximum Gasteiger partial charge on any atom is 0.273 e. The quantitative estimate of drug-likeness (QED) is 0.400. The molecule has 0 bridgehead atoms. The van der Waals surface area contributed by atoms with Gasteiger partial charge in [-0.15, -0.1) is 0 Å². The number of nitrogen functional groups attached to an aromatic ring is 1. The molecule has 0 aliphatic heterocycles. The number of aromatic nitrogens is 1. The number of benzene rings is 1. The molecule has 0 aliphatic carbocycles. The third-order valence-corrected chi connectivity index (χ3v) is 5.47. The number of carbonyl (C=O) groups is 3. The van der Waals surface area contributed by atoms with E-state index in [1.165, 1.54) is 19.2 Å². The van der Waals surface area contributed by atoms with E-state index in [-0.39, 0.29) is 40.9 Å². The van der Waals surface area contributed by atoms with Crippen molar-refractivity contribution in [1.29, 1.82) is 0 Å². The first-order chi connectivity index (χ1) is 15.7. The molecular formula is C21H22FN5O5S. The molecule has 5 N–H and O–H groups in total. The van der Waals surface area contributed by atoms with E-state index in [1.807, 2.05) is 0 Å². The first-order valence-electron chi connectivity index (χ1n) is 9.71. The van der Waals surface area contributed by atoms with E-state index in [4.69, 9.17) is 20.6 Å². The molecule has 0 unspecified atom stereocenters. The van der Waals surface area contributed by atoms with Crippen LogP contribution in [0.15, 0.2) is 40.8 Å². The van der Waals surface area contributed by atoms with Crippen molar-refractivity contribution in [3.8, 4) is 0 Å². The predicted octanol–water partition coefficient (Wildman–Crippen LogP) is 2.02. The number of primary amides is 1. The molecule has 1 atom stereocenters. The molecule has 2 aromatic heterocycles. The second-order valence-corrected chi connectivity index (χ2v) is 7.70. The first kappa shape index (κ1) is 23.9. The normalized spacial score (nSPS) is 11.7. The van der Waals surface area contributed by atoms with Gasteiger partial charge in [0.1, 0.15) is 22.2 Å². The number of halogens is 1. The zero-order chi connectivity index (χ0) is 24.1. The second-order valence-electron chi connectivity index (χ2n) is 6.92. The molecule has 1 aromatic carbocycles. The summed E-state index contributed by atoms with van der Waals surface area (Å²) in [5.41, 5.74) is 11.0. The van der Waals surface area contributed by atoms with Crippen LogP contribution in [-0.2, 0) is 9.53 Å². The molecule has 0 saturated heterocycles. The molecule has 0 saturated carbocycles. The number of rotatable bonds is 9. The summed E-state index contributed by atoms with van der Waals surface area (Å²) in [5.74, 6) is -2.07. The number of nitrogens with zero attached hydrogens (tertiary/aromatic N) is 2. The standard InChI is InChI=1S/C21H22FN5O5S/c1-11-3-8-14(32-11)17(20(29)25-9-10-31-2)27(13-6-4-12(22)5-7-13)21(30)18-15(23)16(19(24)28)26-33-18/h3-8,17H,9-10,23H2,1-2H3,(H2,24,28)(H,25,29)/t17-/m1/s1. The number of aryl methyl sites for hydroxylation is 1. The summed E-state index contributed by atoms with van der Waals surface area (Å²) >= 11 is 0.666. The number of ether oxygens (including phenoxy) is 1. The fraction of sp³-hybridized carbons (Fsp3) is 0.238. The molecule has 174 valence electrons. The Labute approximate surface area is 192 Å². The molecule has 3 rings (SSSR count). The van der Waals surface area contributed by atoms with E-state index in [1.54, 1.807) is 19.1 Å². The van der Waals surface area contributed by atoms with Gasteiger partial charge in [-0.3, -0.25) is 19.3 Å². The predicted molar refractivity (Wildman–Crippen MR) is 119 cm³/mol. The molecule has 12 heteroatoms. The molecular weight excluding hydrogens is 453 g/mol. The Balaban J connectivity index is 2.14. The van der Waals surface area contributed by atoms with Crippen LogP contribution in [0.5, 0.6) is 0 Å². The monoisotopic (exact) mass is 475 g/mol. The summed E-state index contributed by atoms with van der Waals surface area (Å²) in [6.07, 6.45) is 0. The van der Waals surface area contributed by atoms with Crippen molar-refractivity contribution in [3.63, 3.8) is 0 Å². The molecule has 0 aliphatic rings. The molecule has 33 heavy (non-hydrogen) atoms. The highest BCUT2D eigenvalue weighted by molar-refractivity contribution is 7.09. The number of hydrogen-bond donors (Lipinski definition) is 3. The molecule has 10 nitrogen and oxygen atoms in total. The summed E-state index contributed by atoms with van der Waals surface area (Å²) in [6.45, 7) is 2.10. The number of hydrogen-bond acceptors (Lipinski definition) is 8. The fourth-order valence-electron chi connectivity index (χ4n) is 3.07. The van der Waals surface area contributed by atoms with Crippen LogP contribution in [0.4, 0.5) is 15.8 Å². The van der Waals surface area contributed by atoms with E-state index in [0.717, 1.165) is 17.0 Å². The smallest absolute Gasteiger partial charge is 0.273 e. The van der Waals surface area contributed by atoms with E-state index < -0.39 is 29.6 Å². The number of anilines is 2. The van der Waals surface area contributed by atoms with Gasteiger partial charge in [-0.25, -0.2) is 4.39 Å². The highest BCUT2D eigenvalue weighted by Gasteiger charge is 2.37. The number of methoxy groups -OCH3 is 1. The first-order valence-corrected chi connectivity index (χ1v) is 10.5. The molecule has 0 radical (unpaired) electrons. The van der Waals surface area contributed by atoms with Crippen LogP contribution in [0, 0.1) is 12.7 Å². The van der Waals surface area contributed by atoms with Gasteiger partial charge in [0.15, 0.2) is 11.7 Å². The zero-order valence-corrected chi connectivity index (χ0v) is 18.6. The van der Waals surface area contributed by atoms with Crippen LogP contribution < -0.4 is 21.7 Å². The Bertz CT molecular complexity index is 1160. The number of nitrogens with one attached hydrogen (secondary N) is 1. The summed E-state index contributed by atoms with van der Waals surface area (Å²) in [6, 6.07) is 6.89. The van der Waals surface area contributed by atoms with E-state index in [9.17, 15) is 18.8 Å². The Kier molecular flexibility index (Phi) is 7.41. The van der Waals surface area contributed by atoms with Crippen molar-refractivity contribution in [1.82, 2.24) is 9.69 Å². The van der Waals surface area contributed by atoms with Gasteiger partial charge < -0.3 is 25.9 Å². The minimum atomic E-state index is -1.29. The Morgan fingerprint density at radius 1 is 1.24 bits per heavy atom. The maximum atomic E-state index is 13.7. The third-order valence-electron chi connectivity index (χ3n) is 4.62. The van der Waals surface area contributed by atoms with E-state index in [0.29, 0.717) is 17.3 Å². The Morgan fingerprint density at radius 3 is 2.48 bits per heavy atom. The van der Waals surface area contributed by atoms with Crippen LogP contribution in [0.3, 0.4) is 0 Å². The van der Waals surface area contributed by atoms with Gasteiger partial charge in [0.05, 0.1) is 12.3 Å². The van der Waals surface area contributed by atoms with Crippen molar-refractivity contribution in [3.05, 3.63) is 64.3 Å². The van der Waals surface area contributed by atoms with Gasteiger partial charge in [0.2, 0.25) is 0 Å². The minimum Gasteiger partial charge on any atom is -0.464 e. The van der Waals surface area contributed by atoms with Crippen molar-refractivity contribution in [2.75, 3.05) is 30.9 Å². The second kappa shape index (κ2) is 10.2. The van der Waals surface area contributed by atoms with Crippen LogP contribution in [0.25, 0.3) is 0 Å². The van der Waals surface area contributed by atoms with Gasteiger partial charge in [-0.1, -0.05) is 0 Å². The number of nitrogens with two attached hydrogens (primary N) is 2. The number of furan rings is 1. The van der Waals surface area contributed by atoms with Crippen molar-refractivity contribution < 1.29 is 27.9 Å². The summed E-state index contributed by atoms with van der Waals surface area (Å²) < 4.78 is 28.1. The Hall–Kier alpha value is -3.77. The van der Waals surface area contributed by atoms with Crippen molar-refractivity contribution >= 4 is 40.6 Å². The lowest BCUT2D eigenvalue weighted by Gasteiger charge is -2.29. The van der Waals surface area contributed by atoms with Gasteiger partial charge in [-0.2, -0.15) is 4.37 Å². The van der Waals surface area contributed by atoms with Gasteiger partial charge in [0, 0.05) is 19.3 Å². The van der Waals surface area contributed by atoms with Crippen molar-refractivity contribution in [2.45, 2.75) is 13.0 Å². The molecule has 0 spiro atoms. The van der Waals surface area contributed by atoms with Crippen LogP contribution >= 0.6 is 11.5 Å². The highest BCUT2D eigenvalue weighted by Crippen LogP contribution is 2.33. The SMILES string of the molecule is COCCNC(=O)[C@@H](c1ccc(C)o1)N(C(=O)c1snc(C(N)=O)c1N)c1ccc(F)cc1. The summed E-state index contributed by atoms with van der Waals surface area (Å²) in [4.78, 5) is 39.5. The number of amides is 3. The Morgan fingerprint density at radius 2 is 1.94 bits per heavy atom. The van der Waals surface area contributed by atoms with E-state index in [2.05, 4.69) is 9.69 Å². The van der Waals surface area contributed by atoms with Gasteiger partial charge in [-0.05, 0) is 54.9 Å². The largest absolute Gasteiger partial charge is 0.464 e. The molecule has 2 heterocycles. The van der Waals surface area contributed by atoms with Crippen molar-refractivity contribution in [2.24, 2.45) is 5.73 Å². The third kappa shape index (κ3) is 5.18. The summed E-state index contributed by atoms with van der Waals surface area (Å²) in [5, 5.41) is 2.69. The van der Waals surface area contributed by atoms with Gasteiger partial charge in [0.25, 0.3) is 17.7 Å². The highest BCUT2D eigenvalue weighted by atomic mass is 32.1. The molecule has 0 fully saturated rings. The lowest BCUT2D eigenvalue weighted by molar-refractivity contribution is -0.123. The lowest BCUT2D eigenvalue weighted by Crippen LogP contribution is -2.44. The minimum absolute atomic E-state index is 0.105. The van der Waals surface area contributed by atoms with E-state index >= 15 is 0 Å².